The van der Waals surface area contributed by atoms with Crippen molar-refractivity contribution >= 4 is 21.6 Å². The van der Waals surface area contributed by atoms with Gasteiger partial charge in [0, 0.05) is 17.1 Å². The van der Waals surface area contributed by atoms with Gasteiger partial charge in [0.15, 0.2) is 0 Å². The summed E-state index contributed by atoms with van der Waals surface area (Å²) in [6, 6.07) is 6.47. The topological polar surface area (TPSA) is 37.4 Å². The average Bonchev–Trinajstić information content (AvgIpc) is 2.28. The van der Waals surface area contributed by atoms with Gasteiger partial charge in [-0.05, 0) is 44.9 Å². The molecule has 0 saturated carbocycles. The van der Waals surface area contributed by atoms with E-state index in [0.29, 0.717) is 11.6 Å². The molecule has 1 aromatic carbocycles. The van der Waals surface area contributed by atoms with E-state index in [-0.39, 0.29) is 10.4 Å². The van der Waals surface area contributed by atoms with Crippen LogP contribution in [0.5, 0.6) is 0 Å². The fourth-order valence-corrected chi connectivity index (χ4v) is 4.59. The summed E-state index contributed by atoms with van der Waals surface area (Å²) in [5, 5.41) is 0.450. The molecule has 0 N–H and O–H groups in total. The summed E-state index contributed by atoms with van der Waals surface area (Å²) in [5.74, 6) is 0. The summed E-state index contributed by atoms with van der Waals surface area (Å²) in [7, 11) is -3.44. The van der Waals surface area contributed by atoms with Crippen molar-refractivity contribution in [2.75, 3.05) is 6.54 Å². The summed E-state index contributed by atoms with van der Waals surface area (Å²) < 4.78 is 26.9. The zero-order chi connectivity index (χ0) is 13.4. The molecule has 0 spiro atoms. The normalized spacial score (nSPS) is 20.8. The molecule has 0 amide bonds. The lowest BCUT2D eigenvalue weighted by Gasteiger charge is -2.41. The predicted molar refractivity (Wildman–Crippen MR) is 73.3 cm³/mol. The van der Waals surface area contributed by atoms with Gasteiger partial charge >= 0.3 is 0 Å². The molecule has 100 valence electrons. The minimum absolute atomic E-state index is 0.282. The van der Waals surface area contributed by atoms with Crippen LogP contribution in [-0.4, -0.2) is 24.8 Å². The molecule has 1 fully saturated rings. The van der Waals surface area contributed by atoms with Crippen molar-refractivity contribution in [3.05, 3.63) is 29.3 Å². The Balaban J connectivity index is 2.42. The second-order valence-electron chi connectivity index (χ2n) is 5.30. The number of benzene rings is 1. The van der Waals surface area contributed by atoms with Crippen LogP contribution in [0.2, 0.25) is 5.02 Å². The third-order valence-electron chi connectivity index (χ3n) is 3.46. The van der Waals surface area contributed by atoms with Crippen molar-refractivity contribution in [1.29, 1.82) is 0 Å². The molecule has 1 heterocycles. The Kier molecular flexibility index (Phi) is 3.72. The van der Waals surface area contributed by atoms with Crippen LogP contribution in [0.25, 0.3) is 0 Å². The highest BCUT2D eigenvalue weighted by molar-refractivity contribution is 7.89. The van der Waals surface area contributed by atoms with Gasteiger partial charge < -0.3 is 0 Å². The van der Waals surface area contributed by atoms with Crippen LogP contribution < -0.4 is 0 Å². The Labute approximate surface area is 114 Å². The highest BCUT2D eigenvalue weighted by atomic mass is 35.5. The number of hydrogen-bond acceptors (Lipinski definition) is 2. The largest absolute Gasteiger partial charge is 0.243 e. The third kappa shape index (κ3) is 2.56. The van der Waals surface area contributed by atoms with Gasteiger partial charge in [0.2, 0.25) is 10.0 Å². The average molecular weight is 288 g/mol. The zero-order valence-corrected chi connectivity index (χ0v) is 12.3. The maximum absolute atomic E-state index is 12.6. The summed E-state index contributed by atoms with van der Waals surface area (Å²) in [6.07, 6.45) is 2.89. The van der Waals surface area contributed by atoms with Crippen molar-refractivity contribution in [3.63, 3.8) is 0 Å². The molecule has 18 heavy (non-hydrogen) atoms. The van der Waals surface area contributed by atoms with E-state index in [9.17, 15) is 8.42 Å². The molecule has 1 aromatic rings. The first-order valence-corrected chi connectivity index (χ1v) is 7.94. The minimum Gasteiger partial charge on any atom is -0.207 e. The summed E-state index contributed by atoms with van der Waals surface area (Å²) in [5.41, 5.74) is -0.320. The summed E-state index contributed by atoms with van der Waals surface area (Å²) >= 11 is 5.88. The van der Waals surface area contributed by atoms with E-state index < -0.39 is 10.0 Å². The molecule has 0 bridgehead atoms. The monoisotopic (exact) mass is 287 g/mol. The van der Waals surface area contributed by atoms with Gasteiger partial charge in [-0.2, -0.15) is 4.31 Å². The highest BCUT2D eigenvalue weighted by Crippen LogP contribution is 2.33. The van der Waals surface area contributed by atoms with Crippen LogP contribution in [0.15, 0.2) is 29.2 Å². The van der Waals surface area contributed by atoms with Gasteiger partial charge in [-0.15, -0.1) is 0 Å². The molecule has 0 radical (unpaired) electrons. The SMILES string of the molecule is CC1(C)CCCCN1S(=O)(=O)c1cccc(Cl)c1. The molecule has 1 aliphatic rings. The highest BCUT2D eigenvalue weighted by Gasteiger charge is 2.38. The van der Waals surface area contributed by atoms with Gasteiger partial charge in [-0.25, -0.2) is 8.42 Å². The molecule has 5 heteroatoms. The minimum atomic E-state index is -3.44. The molecular weight excluding hydrogens is 270 g/mol. The van der Waals surface area contributed by atoms with E-state index in [1.54, 1.807) is 22.5 Å². The van der Waals surface area contributed by atoms with E-state index in [4.69, 9.17) is 11.6 Å². The van der Waals surface area contributed by atoms with Crippen molar-refractivity contribution < 1.29 is 8.42 Å². The van der Waals surface area contributed by atoms with Crippen LogP contribution in [0.4, 0.5) is 0 Å². The Hall–Kier alpha value is -0.580. The number of piperidine rings is 1. The van der Waals surface area contributed by atoms with Crippen LogP contribution in [0, 0.1) is 0 Å². The number of hydrogen-bond donors (Lipinski definition) is 0. The van der Waals surface area contributed by atoms with E-state index in [2.05, 4.69) is 0 Å². The first-order chi connectivity index (χ1) is 8.34. The molecule has 0 aromatic heterocycles. The van der Waals surface area contributed by atoms with Crippen LogP contribution >= 0.6 is 11.6 Å². The molecule has 0 unspecified atom stereocenters. The van der Waals surface area contributed by atoms with Gasteiger partial charge in [-0.3, -0.25) is 0 Å². The van der Waals surface area contributed by atoms with E-state index in [1.807, 2.05) is 13.8 Å². The van der Waals surface area contributed by atoms with Gasteiger partial charge in [0.05, 0.1) is 4.90 Å². The first kappa shape index (κ1) is 13.8. The maximum atomic E-state index is 12.6. The maximum Gasteiger partial charge on any atom is 0.243 e. The van der Waals surface area contributed by atoms with Gasteiger partial charge in [-0.1, -0.05) is 24.1 Å². The standard InChI is InChI=1S/C13H18ClNO2S/c1-13(2)8-3-4-9-15(13)18(16,17)12-7-5-6-11(14)10-12/h5-7,10H,3-4,8-9H2,1-2H3. The number of halogens is 1. The van der Waals surface area contributed by atoms with Gasteiger partial charge in [0.1, 0.15) is 0 Å². The smallest absolute Gasteiger partial charge is 0.207 e. The number of nitrogens with zero attached hydrogens (tertiary/aromatic N) is 1. The fraction of sp³-hybridized carbons (Fsp3) is 0.538. The molecular formula is C13H18ClNO2S. The molecule has 0 atom stereocenters. The quantitative estimate of drug-likeness (QED) is 0.837. The van der Waals surface area contributed by atoms with Crippen LogP contribution in [-0.2, 0) is 10.0 Å². The second kappa shape index (κ2) is 4.83. The predicted octanol–water partition coefficient (Wildman–Crippen LogP) is 3.29. The van der Waals surface area contributed by atoms with E-state index in [0.717, 1.165) is 19.3 Å². The van der Waals surface area contributed by atoms with Crippen molar-refractivity contribution in [2.24, 2.45) is 0 Å². The first-order valence-electron chi connectivity index (χ1n) is 6.12. The van der Waals surface area contributed by atoms with Crippen molar-refractivity contribution in [2.45, 2.75) is 43.5 Å². The summed E-state index contributed by atoms with van der Waals surface area (Å²) in [6.45, 7) is 4.55. The Morgan fingerprint density at radius 2 is 2.00 bits per heavy atom. The molecule has 2 rings (SSSR count). The second-order valence-corrected chi connectivity index (χ2v) is 7.60. The van der Waals surface area contributed by atoms with Crippen molar-refractivity contribution in [3.8, 4) is 0 Å². The molecule has 3 nitrogen and oxygen atoms in total. The fourth-order valence-electron chi connectivity index (χ4n) is 2.44. The third-order valence-corrected chi connectivity index (χ3v) is 5.80. The molecule has 1 saturated heterocycles. The molecule has 0 aliphatic carbocycles. The lowest BCUT2D eigenvalue weighted by Crippen LogP contribution is -2.50. The van der Waals surface area contributed by atoms with Crippen LogP contribution in [0.1, 0.15) is 33.1 Å². The Morgan fingerprint density at radius 1 is 1.28 bits per heavy atom. The molecule has 1 aliphatic heterocycles. The van der Waals surface area contributed by atoms with Crippen LogP contribution in [0.3, 0.4) is 0 Å². The Bertz CT molecular complexity index is 540. The Morgan fingerprint density at radius 3 is 2.61 bits per heavy atom. The number of sulfonamides is 1. The van der Waals surface area contributed by atoms with Gasteiger partial charge in [0.25, 0.3) is 0 Å². The zero-order valence-electron chi connectivity index (χ0n) is 10.7. The number of rotatable bonds is 2. The van der Waals surface area contributed by atoms with Crippen molar-refractivity contribution in [1.82, 2.24) is 4.31 Å². The lowest BCUT2D eigenvalue weighted by molar-refractivity contribution is 0.170. The lowest BCUT2D eigenvalue weighted by atomic mass is 9.93. The summed E-state index contributed by atoms with van der Waals surface area (Å²) in [4.78, 5) is 0.282. The van der Waals surface area contributed by atoms with E-state index >= 15 is 0 Å². The van der Waals surface area contributed by atoms with E-state index in [1.165, 1.54) is 6.07 Å².